The van der Waals surface area contributed by atoms with E-state index >= 15 is 0 Å². The minimum absolute atomic E-state index is 0.0406. The van der Waals surface area contributed by atoms with E-state index in [0.717, 1.165) is 10.4 Å². The lowest BCUT2D eigenvalue weighted by Gasteiger charge is -2.21. The summed E-state index contributed by atoms with van der Waals surface area (Å²) in [7, 11) is -3.94. The lowest BCUT2D eigenvalue weighted by Crippen LogP contribution is -2.40. The molecule has 0 bridgehead atoms. The maximum absolute atomic E-state index is 12.4. The molecule has 1 aliphatic rings. The fourth-order valence-electron chi connectivity index (χ4n) is 2.16. The van der Waals surface area contributed by atoms with Gasteiger partial charge < -0.3 is 5.11 Å². The Balaban J connectivity index is 2.46. The van der Waals surface area contributed by atoms with Crippen LogP contribution in [0.4, 0.5) is 0 Å². The fourth-order valence-corrected chi connectivity index (χ4v) is 4.00. The van der Waals surface area contributed by atoms with Gasteiger partial charge >= 0.3 is 5.97 Å². The standard InChI is InChI=1S/C12H11ClN2O4S/c13-10-4-3-9(6-8(10)7-14)20(18,19)15-5-1-2-11(15)12(16)17/h3-4,6,11H,1-2,5H2,(H,16,17). The summed E-state index contributed by atoms with van der Waals surface area (Å²) in [6, 6.07) is 4.50. The Morgan fingerprint density at radius 2 is 2.20 bits per heavy atom. The van der Waals surface area contributed by atoms with Crippen molar-refractivity contribution < 1.29 is 18.3 Å². The molecule has 6 nitrogen and oxygen atoms in total. The van der Waals surface area contributed by atoms with Gasteiger partial charge in [0.05, 0.1) is 15.5 Å². The van der Waals surface area contributed by atoms with E-state index in [2.05, 4.69) is 0 Å². The summed E-state index contributed by atoms with van der Waals surface area (Å²) in [6.07, 6.45) is 0.780. The molecular formula is C12H11ClN2O4S. The SMILES string of the molecule is N#Cc1cc(S(=O)(=O)N2CCCC2C(=O)O)ccc1Cl. The summed E-state index contributed by atoms with van der Waals surface area (Å²) in [6.45, 7) is 0.157. The quantitative estimate of drug-likeness (QED) is 0.910. The number of nitrogens with zero attached hydrogens (tertiary/aromatic N) is 2. The van der Waals surface area contributed by atoms with Crippen molar-refractivity contribution in [2.45, 2.75) is 23.8 Å². The highest BCUT2D eigenvalue weighted by atomic mass is 35.5. The van der Waals surface area contributed by atoms with Crippen LogP contribution in [0.3, 0.4) is 0 Å². The molecule has 0 radical (unpaired) electrons. The summed E-state index contributed by atoms with van der Waals surface area (Å²) in [4.78, 5) is 11.0. The Morgan fingerprint density at radius 1 is 1.50 bits per heavy atom. The van der Waals surface area contributed by atoms with E-state index < -0.39 is 22.0 Å². The van der Waals surface area contributed by atoms with E-state index in [4.69, 9.17) is 22.0 Å². The number of hydrogen-bond acceptors (Lipinski definition) is 4. The number of carboxylic acids is 1. The Hall–Kier alpha value is -1.62. The molecule has 0 spiro atoms. The first-order valence-corrected chi connectivity index (χ1v) is 7.64. The normalized spacial score (nSPS) is 19.7. The fraction of sp³-hybridized carbons (Fsp3) is 0.333. The Kier molecular flexibility index (Phi) is 3.99. The Labute approximate surface area is 121 Å². The monoisotopic (exact) mass is 314 g/mol. The summed E-state index contributed by atoms with van der Waals surface area (Å²) in [5.74, 6) is -1.17. The molecule has 8 heteroatoms. The van der Waals surface area contributed by atoms with Crippen LogP contribution in [0.25, 0.3) is 0 Å². The molecule has 0 aromatic heterocycles. The number of carbonyl (C=O) groups is 1. The Bertz CT molecular complexity index is 696. The van der Waals surface area contributed by atoms with Crippen molar-refractivity contribution in [3.05, 3.63) is 28.8 Å². The van der Waals surface area contributed by atoms with Gasteiger partial charge in [-0.1, -0.05) is 11.6 Å². The minimum atomic E-state index is -3.94. The zero-order valence-corrected chi connectivity index (χ0v) is 11.9. The van der Waals surface area contributed by atoms with Crippen LogP contribution in [0.5, 0.6) is 0 Å². The van der Waals surface area contributed by atoms with Crippen molar-refractivity contribution >= 4 is 27.6 Å². The molecule has 1 heterocycles. The van der Waals surface area contributed by atoms with E-state index in [1.165, 1.54) is 12.1 Å². The van der Waals surface area contributed by atoms with Crippen molar-refractivity contribution in [3.63, 3.8) is 0 Å². The highest BCUT2D eigenvalue weighted by Crippen LogP contribution is 2.28. The summed E-state index contributed by atoms with van der Waals surface area (Å²) >= 11 is 5.76. The number of carboxylic acid groups (broad SMARTS) is 1. The molecule has 1 unspecified atom stereocenters. The van der Waals surface area contributed by atoms with Gasteiger partial charge in [-0.15, -0.1) is 0 Å². The second-order valence-corrected chi connectivity index (χ2v) is 6.66. The maximum Gasteiger partial charge on any atom is 0.322 e. The van der Waals surface area contributed by atoms with Gasteiger partial charge in [0.1, 0.15) is 12.1 Å². The van der Waals surface area contributed by atoms with E-state index in [9.17, 15) is 13.2 Å². The first-order valence-electron chi connectivity index (χ1n) is 5.82. The minimum Gasteiger partial charge on any atom is -0.480 e. The van der Waals surface area contributed by atoms with Gasteiger partial charge in [0.25, 0.3) is 0 Å². The lowest BCUT2D eigenvalue weighted by atomic mass is 10.2. The second kappa shape index (κ2) is 5.40. The number of hydrogen-bond donors (Lipinski definition) is 1. The third-order valence-electron chi connectivity index (χ3n) is 3.15. The lowest BCUT2D eigenvalue weighted by molar-refractivity contribution is -0.140. The number of benzene rings is 1. The summed E-state index contributed by atoms with van der Waals surface area (Å²) < 4.78 is 25.8. The molecule has 0 aliphatic carbocycles. The molecule has 1 fully saturated rings. The number of nitriles is 1. The molecule has 1 atom stereocenters. The molecule has 1 N–H and O–H groups in total. The van der Waals surface area contributed by atoms with Gasteiger partial charge in [0.2, 0.25) is 10.0 Å². The van der Waals surface area contributed by atoms with E-state index in [1.807, 2.05) is 0 Å². The van der Waals surface area contributed by atoms with E-state index in [1.54, 1.807) is 6.07 Å². The van der Waals surface area contributed by atoms with Crippen LogP contribution in [0.2, 0.25) is 5.02 Å². The number of sulfonamides is 1. The molecule has 0 saturated carbocycles. The number of rotatable bonds is 3. The van der Waals surface area contributed by atoms with Crippen molar-refractivity contribution in [1.82, 2.24) is 4.31 Å². The van der Waals surface area contributed by atoms with Crippen LogP contribution in [0.1, 0.15) is 18.4 Å². The van der Waals surface area contributed by atoms with Crippen LogP contribution >= 0.6 is 11.6 Å². The zero-order valence-electron chi connectivity index (χ0n) is 10.3. The highest BCUT2D eigenvalue weighted by molar-refractivity contribution is 7.89. The number of aliphatic carboxylic acids is 1. The van der Waals surface area contributed by atoms with Crippen LogP contribution in [-0.2, 0) is 14.8 Å². The topological polar surface area (TPSA) is 98.5 Å². The van der Waals surface area contributed by atoms with Crippen molar-refractivity contribution in [2.75, 3.05) is 6.54 Å². The molecule has 2 rings (SSSR count). The first-order chi connectivity index (χ1) is 9.37. The molecule has 20 heavy (non-hydrogen) atoms. The summed E-state index contributed by atoms with van der Waals surface area (Å²) in [5.41, 5.74) is 0.0406. The molecule has 1 aromatic carbocycles. The molecule has 1 aliphatic heterocycles. The van der Waals surface area contributed by atoms with Crippen molar-refractivity contribution in [3.8, 4) is 6.07 Å². The first kappa shape index (κ1) is 14.8. The molecule has 1 saturated heterocycles. The zero-order chi connectivity index (χ0) is 14.9. The van der Waals surface area contributed by atoms with Crippen LogP contribution in [-0.4, -0.2) is 36.4 Å². The third-order valence-corrected chi connectivity index (χ3v) is 5.39. The second-order valence-electron chi connectivity index (χ2n) is 4.37. The molecule has 1 aromatic rings. The van der Waals surface area contributed by atoms with Gasteiger partial charge in [-0.25, -0.2) is 8.42 Å². The van der Waals surface area contributed by atoms with Crippen LogP contribution in [0.15, 0.2) is 23.1 Å². The van der Waals surface area contributed by atoms with Crippen LogP contribution < -0.4 is 0 Å². The third kappa shape index (κ3) is 2.50. The van der Waals surface area contributed by atoms with E-state index in [0.29, 0.717) is 6.42 Å². The highest BCUT2D eigenvalue weighted by Gasteiger charge is 2.39. The molecule has 0 amide bonds. The Morgan fingerprint density at radius 3 is 2.80 bits per heavy atom. The smallest absolute Gasteiger partial charge is 0.322 e. The average Bonchev–Trinajstić information content (AvgIpc) is 2.89. The molecule has 106 valence electrons. The van der Waals surface area contributed by atoms with Crippen molar-refractivity contribution in [2.24, 2.45) is 0 Å². The van der Waals surface area contributed by atoms with Gasteiger partial charge in [-0.2, -0.15) is 9.57 Å². The van der Waals surface area contributed by atoms with Gasteiger partial charge in [0, 0.05) is 6.54 Å². The van der Waals surface area contributed by atoms with Crippen LogP contribution in [0, 0.1) is 11.3 Å². The molecular weight excluding hydrogens is 304 g/mol. The summed E-state index contributed by atoms with van der Waals surface area (Å²) in [5, 5.41) is 18.1. The van der Waals surface area contributed by atoms with E-state index in [-0.39, 0.29) is 28.4 Å². The van der Waals surface area contributed by atoms with Crippen molar-refractivity contribution in [1.29, 1.82) is 5.26 Å². The average molecular weight is 315 g/mol. The van der Waals surface area contributed by atoms with Gasteiger partial charge in [0.15, 0.2) is 0 Å². The largest absolute Gasteiger partial charge is 0.480 e. The predicted molar refractivity (Wildman–Crippen MR) is 70.7 cm³/mol. The van der Waals surface area contributed by atoms with Gasteiger partial charge in [-0.3, -0.25) is 4.79 Å². The predicted octanol–water partition coefficient (Wildman–Crippen LogP) is 1.45. The number of halogens is 1. The van der Waals surface area contributed by atoms with Gasteiger partial charge in [-0.05, 0) is 31.0 Å². The maximum atomic E-state index is 12.4.